The minimum absolute atomic E-state index is 0.0155. The van der Waals surface area contributed by atoms with Crippen LogP contribution in [0, 0.1) is 11.3 Å². The third kappa shape index (κ3) is 2.00. The van der Waals surface area contributed by atoms with Crippen LogP contribution in [0.1, 0.15) is 5.56 Å². The summed E-state index contributed by atoms with van der Waals surface area (Å²) in [6.07, 6.45) is 0. The summed E-state index contributed by atoms with van der Waals surface area (Å²) < 4.78 is 21.8. The topological polar surface area (TPSA) is 78.2 Å². The molecule has 0 heterocycles. The number of halogens is 2. The quantitative estimate of drug-likeness (QED) is 0.804. The van der Waals surface area contributed by atoms with Crippen LogP contribution in [0.25, 0.3) is 0 Å². The summed E-state index contributed by atoms with van der Waals surface area (Å²) >= 11 is 2.89. The molecule has 7 heteroatoms. The first-order chi connectivity index (χ1) is 6.38. The molecule has 0 unspecified atom stereocenters. The van der Waals surface area contributed by atoms with Crippen LogP contribution in [0.15, 0.2) is 21.5 Å². The minimum Gasteiger partial charge on any atom is -0.505 e. The third-order valence-electron chi connectivity index (χ3n) is 1.46. The molecule has 0 saturated heterocycles. The van der Waals surface area contributed by atoms with Gasteiger partial charge in [0, 0.05) is 10.7 Å². The van der Waals surface area contributed by atoms with Crippen LogP contribution < -0.4 is 0 Å². The van der Waals surface area contributed by atoms with Crippen LogP contribution in [0.3, 0.4) is 0 Å². The van der Waals surface area contributed by atoms with Gasteiger partial charge in [0.05, 0.1) is 10.0 Å². The Morgan fingerprint density at radius 2 is 2.07 bits per heavy atom. The van der Waals surface area contributed by atoms with Gasteiger partial charge < -0.3 is 5.11 Å². The number of nitriles is 1. The number of nitrogens with zero attached hydrogens (tertiary/aromatic N) is 1. The average Bonchev–Trinajstić information content (AvgIpc) is 2.07. The van der Waals surface area contributed by atoms with E-state index < -0.39 is 19.7 Å². The van der Waals surface area contributed by atoms with E-state index in [-0.39, 0.29) is 10.0 Å². The average molecular weight is 297 g/mol. The number of phenolic OH excluding ortho intramolecular Hbond substituents is 1. The van der Waals surface area contributed by atoms with E-state index in [1.165, 1.54) is 6.07 Å². The van der Waals surface area contributed by atoms with Gasteiger partial charge in [-0.3, -0.25) is 0 Å². The largest absolute Gasteiger partial charge is 0.505 e. The molecule has 1 N–H and O–H groups in total. The molecule has 0 spiro atoms. The Labute approximate surface area is 93.3 Å². The number of rotatable bonds is 1. The molecule has 1 aromatic rings. The highest BCUT2D eigenvalue weighted by Crippen LogP contribution is 2.35. The van der Waals surface area contributed by atoms with E-state index in [9.17, 15) is 13.5 Å². The second-order valence-electron chi connectivity index (χ2n) is 2.32. The summed E-state index contributed by atoms with van der Waals surface area (Å²) in [6, 6.07) is 4.09. The number of hydrogen-bond donors (Lipinski definition) is 1. The Bertz CT molecular complexity index is 520. The maximum absolute atomic E-state index is 10.9. The van der Waals surface area contributed by atoms with Gasteiger partial charge in [-0.1, -0.05) is 0 Å². The summed E-state index contributed by atoms with van der Waals surface area (Å²) in [5, 5.41) is 17.9. The molecule has 0 aromatic heterocycles. The van der Waals surface area contributed by atoms with Crippen molar-refractivity contribution in [3.8, 4) is 11.8 Å². The lowest BCUT2D eigenvalue weighted by Gasteiger charge is -2.03. The van der Waals surface area contributed by atoms with E-state index >= 15 is 0 Å². The molecule has 0 aliphatic heterocycles. The van der Waals surface area contributed by atoms with Crippen molar-refractivity contribution in [2.45, 2.75) is 4.90 Å². The first-order valence-electron chi connectivity index (χ1n) is 3.24. The van der Waals surface area contributed by atoms with E-state index in [0.29, 0.717) is 0 Å². The lowest BCUT2D eigenvalue weighted by Crippen LogP contribution is -1.93. The molecule has 0 saturated carbocycles. The molecule has 1 rings (SSSR count). The van der Waals surface area contributed by atoms with Crippen LogP contribution in [-0.4, -0.2) is 13.5 Å². The van der Waals surface area contributed by atoms with Crippen LogP contribution in [0.2, 0.25) is 0 Å². The molecular formula is C7H3BrClNO3S. The molecule has 0 atom stereocenters. The summed E-state index contributed by atoms with van der Waals surface area (Å²) in [7, 11) is 1.04. The maximum Gasteiger partial charge on any atom is 0.265 e. The fraction of sp³-hybridized carbons (Fsp3) is 0. The zero-order chi connectivity index (χ0) is 10.9. The maximum atomic E-state index is 10.9. The lowest BCUT2D eigenvalue weighted by atomic mass is 10.2. The third-order valence-corrected chi connectivity index (χ3v) is 3.62. The molecular weight excluding hydrogens is 294 g/mol. The molecule has 4 nitrogen and oxygen atoms in total. The highest BCUT2D eigenvalue weighted by Gasteiger charge is 2.19. The molecule has 0 fully saturated rings. The Morgan fingerprint density at radius 3 is 2.50 bits per heavy atom. The van der Waals surface area contributed by atoms with Gasteiger partial charge >= 0.3 is 0 Å². The van der Waals surface area contributed by atoms with Crippen LogP contribution in [0.5, 0.6) is 5.75 Å². The first-order valence-corrected chi connectivity index (χ1v) is 6.34. The van der Waals surface area contributed by atoms with Crippen molar-refractivity contribution in [2.24, 2.45) is 0 Å². The molecule has 1 aromatic carbocycles. The van der Waals surface area contributed by atoms with Crippen molar-refractivity contribution in [3.05, 3.63) is 22.2 Å². The van der Waals surface area contributed by atoms with Crippen molar-refractivity contribution in [2.75, 3.05) is 0 Å². The smallest absolute Gasteiger partial charge is 0.265 e. The van der Waals surface area contributed by atoms with Gasteiger partial charge in [0.2, 0.25) is 0 Å². The summed E-state index contributed by atoms with van der Waals surface area (Å²) in [5.41, 5.74) is 0.131. The molecule has 0 aliphatic rings. The number of benzene rings is 1. The Balaban J connectivity index is 3.57. The van der Waals surface area contributed by atoms with Gasteiger partial charge in [-0.2, -0.15) is 5.26 Å². The summed E-state index contributed by atoms with van der Waals surface area (Å²) in [4.78, 5) is -0.426. The van der Waals surface area contributed by atoms with Gasteiger partial charge in [-0.05, 0) is 28.1 Å². The Hall–Kier alpha value is -0.770. The van der Waals surface area contributed by atoms with Gasteiger partial charge in [0.25, 0.3) is 9.05 Å². The zero-order valence-corrected chi connectivity index (χ0v) is 9.69. The van der Waals surface area contributed by atoms with Crippen molar-refractivity contribution < 1.29 is 13.5 Å². The monoisotopic (exact) mass is 295 g/mol. The minimum atomic E-state index is -4.00. The molecule has 74 valence electrons. The van der Waals surface area contributed by atoms with Crippen molar-refractivity contribution in [3.63, 3.8) is 0 Å². The fourth-order valence-corrected chi connectivity index (χ4v) is 2.33. The van der Waals surface area contributed by atoms with Gasteiger partial charge in [0.15, 0.2) is 5.75 Å². The Kier molecular flexibility index (Phi) is 3.04. The lowest BCUT2D eigenvalue weighted by molar-refractivity contribution is 0.456. The SMILES string of the molecule is N#Cc1ccc(S(=O)(=O)Cl)c(O)c1Br. The summed E-state index contributed by atoms with van der Waals surface area (Å²) in [5.74, 6) is -0.556. The van der Waals surface area contributed by atoms with E-state index in [1.807, 2.05) is 0 Å². The van der Waals surface area contributed by atoms with Gasteiger partial charge in [-0.25, -0.2) is 8.42 Å². The zero-order valence-electron chi connectivity index (χ0n) is 6.53. The van der Waals surface area contributed by atoms with Crippen LogP contribution >= 0.6 is 26.6 Å². The molecule has 0 bridgehead atoms. The van der Waals surface area contributed by atoms with E-state index in [2.05, 4.69) is 15.9 Å². The van der Waals surface area contributed by atoms with Crippen molar-refractivity contribution in [1.82, 2.24) is 0 Å². The number of aromatic hydroxyl groups is 1. The van der Waals surface area contributed by atoms with Crippen molar-refractivity contribution >= 4 is 35.7 Å². The fourth-order valence-electron chi connectivity index (χ4n) is 0.830. The standard InChI is InChI=1S/C7H3BrClNO3S/c8-6-4(3-10)1-2-5(7(6)11)14(9,12)13/h1-2,11H. The molecule has 0 radical (unpaired) electrons. The highest BCUT2D eigenvalue weighted by molar-refractivity contribution is 9.10. The molecule has 14 heavy (non-hydrogen) atoms. The Morgan fingerprint density at radius 1 is 1.50 bits per heavy atom. The van der Waals surface area contributed by atoms with E-state index in [1.54, 1.807) is 6.07 Å². The number of phenols is 1. The van der Waals surface area contributed by atoms with Crippen LogP contribution in [0.4, 0.5) is 0 Å². The molecule has 0 amide bonds. The molecule has 0 aliphatic carbocycles. The predicted molar refractivity (Wildman–Crippen MR) is 53.6 cm³/mol. The highest BCUT2D eigenvalue weighted by atomic mass is 79.9. The van der Waals surface area contributed by atoms with Crippen LogP contribution in [-0.2, 0) is 9.05 Å². The number of hydrogen-bond acceptors (Lipinski definition) is 4. The van der Waals surface area contributed by atoms with Gasteiger partial charge in [0.1, 0.15) is 11.0 Å². The van der Waals surface area contributed by atoms with E-state index in [4.69, 9.17) is 15.9 Å². The summed E-state index contributed by atoms with van der Waals surface area (Å²) in [6.45, 7) is 0. The van der Waals surface area contributed by atoms with Crippen molar-refractivity contribution in [1.29, 1.82) is 5.26 Å². The first kappa shape index (κ1) is 11.3. The van der Waals surface area contributed by atoms with Gasteiger partial charge in [-0.15, -0.1) is 0 Å². The second kappa shape index (κ2) is 3.77. The van der Waals surface area contributed by atoms with E-state index in [0.717, 1.165) is 6.07 Å². The second-order valence-corrected chi connectivity index (χ2v) is 5.65. The normalized spacial score (nSPS) is 10.9. The predicted octanol–water partition coefficient (Wildman–Crippen LogP) is 1.95.